The Morgan fingerprint density at radius 2 is 1.78 bits per heavy atom. The van der Waals surface area contributed by atoms with Gasteiger partial charge in [0.1, 0.15) is 11.6 Å². The van der Waals surface area contributed by atoms with Crippen molar-refractivity contribution in [1.82, 2.24) is 5.32 Å². The van der Waals surface area contributed by atoms with Crippen molar-refractivity contribution in [3.8, 4) is 0 Å². The van der Waals surface area contributed by atoms with Crippen molar-refractivity contribution >= 4 is 0 Å². The van der Waals surface area contributed by atoms with Gasteiger partial charge in [-0.2, -0.15) is 0 Å². The smallest absolute Gasteiger partial charge is 0.128 e. The maximum atomic E-state index is 14.0. The maximum absolute atomic E-state index is 14.0. The van der Waals surface area contributed by atoms with Gasteiger partial charge in [0, 0.05) is 11.6 Å². The summed E-state index contributed by atoms with van der Waals surface area (Å²) >= 11 is 0. The minimum absolute atomic E-state index is 0.0482. The third kappa shape index (κ3) is 1.95. The first-order chi connectivity index (χ1) is 8.60. The second kappa shape index (κ2) is 4.30. The predicted octanol–water partition coefficient (Wildman–Crippen LogP) is 3.58. The first kappa shape index (κ1) is 12.1. The van der Waals surface area contributed by atoms with E-state index in [1.54, 1.807) is 6.92 Å². The molecule has 2 fully saturated rings. The van der Waals surface area contributed by atoms with E-state index in [1.165, 1.54) is 18.6 Å². The zero-order valence-electron chi connectivity index (χ0n) is 10.8. The van der Waals surface area contributed by atoms with Gasteiger partial charge in [-0.1, -0.05) is 0 Å². The van der Waals surface area contributed by atoms with Gasteiger partial charge in [-0.05, 0) is 68.7 Å². The van der Waals surface area contributed by atoms with Gasteiger partial charge in [-0.25, -0.2) is 8.78 Å². The standard InChI is InChI=1S/C15H19F2N/c1-8-3-14(17)12(7-13(8)16)15(18-2)11-5-9-4-10(9)6-11/h3,7,9-11,15,18H,4-6H2,1-2H3. The van der Waals surface area contributed by atoms with E-state index in [2.05, 4.69) is 5.32 Å². The fourth-order valence-corrected chi connectivity index (χ4v) is 3.58. The van der Waals surface area contributed by atoms with Crippen LogP contribution in [0.3, 0.4) is 0 Å². The van der Waals surface area contributed by atoms with Crippen LogP contribution in [0.2, 0.25) is 0 Å². The van der Waals surface area contributed by atoms with Crippen molar-refractivity contribution in [3.05, 3.63) is 34.9 Å². The van der Waals surface area contributed by atoms with E-state index in [9.17, 15) is 8.78 Å². The summed E-state index contributed by atoms with van der Waals surface area (Å²) in [7, 11) is 1.84. The Bertz CT molecular complexity index is 462. The molecule has 0 aliphatic heterocycles. The molecule has 3 unspecified atom stereocenters. The van der Waals surface area contributed by atoms with E-state index in [0.717, 1.165) is 24.7 Å². The lowest BCUT2D eigenvalue weighted by Crippen LogP contribution is -2.25. The number of benzene rings is 1. The van der Waals surface area contributed by atoms with Crippen LogP contribution in [0.15, 0.2) is 12.1 Å². The Labute approximate surface area is 107 Å². The van der Waals surface area contributed by atoms with Gasteiger partial charge in [0.2, 0.25) is 0 Å². The lowest BCUT2D eigenvalue weighted by molar-refractivity contribution is 0.348. The second-order valence-corrected chi connectivity index (χ2v) is 5.88. The summed E-state index contributed by atoms with van der Waals surface area (Å²) < 4.78 is 27.7. The normalized spacial score (nSPS) is 31.2. The summed E-state index contributed by atoms with van der Waals surface area (Å²) in [6.45, 7) is 1.60. The predicted molar refractivity (Wildman–Crippen MR) is 67.2 cm³/mol. The molecule has 0 spiro atoms. The molecule has 3 rings (SSSR count). The SMILES string of the molecule is CNC(c1cc(F)c(C)cc1F)C1CC2CC2C1. The number of halogens is 2. The lowest BCUT2D eigenvalue weighted by atomic mass is 9.88. The van der Waals surface area contributed by atoms with Crippen LogP contribution in [0.25, 0.3) is 0 Å². The average molecular weight is 251 g/mol. The number of nitrogens with one attached hydrogen (secondary N) is 1. The molecule has 1 aromatic rings. The van der Waals surface area contributed by atoms with E-state index in [-0.39, 0.29) is 17.7 Å². The largest absolute Gasteiger partial charge is 0.313 e. The van der Waals surface area contributed by atoms with E-state index < -0.39 is 0 Å². The van der Waals surface area contributed by atoms with Gasteiger partial charge < -0.3 is 5.32 Å². The van der Waals surface area contributed by atoms with Gasteiger partial charge in [-0.15, -0.1) is 0 Å². The summed E-state index contributed by atoms with van der Waals surface area (Å²) in [4.78, 5) is 0. The van der Waals surface area contributed by atoms with Crippen LogP contribution < -0.4 is 5.32 Å². The molecule has 1 aromatic carbocycles. The number of rotatable bonds is 3. The third-order valence-corrected chi connectivity index (χ3v) is 4.68. The first-order valence-corrected chi connectivity index (χ1v) is 6.73. The number of hydrogen-bond acceptors (Lipinski definition) is 1. The van der Waals surface area contributed by atoms with Crippen molar-refractivity contribution in [1.29, 1.82) is 0 Å². The summed E-state index contributed by atoms with van der Waals surface area (Å²) in [6, 6.07) is 2.63. The highest BCUT2D eigenvalue weighted by atomic mass is 19.1. The zero-order chi connectivity index (χ0) is 12.9. The van der Waals surface area contributed by atoms with Crippen LogP contribution in [0, 0.1) is 36.3 Å². The highest BCUT2D eigenvalue weighted by molar-refractivity contribution is 5.28. The Balaban J connectivity index is 1.88. The molecule has 0 amide bonds. The van der Waals surface area contributed by atoms with Crippen molar-refractivity contribution < 1.29 is 8.78 Å². The van der Waals surface area contributed by atoms with Crippen molar-refractivity contribution in [2.24, 2.45) is 17.8 Å². The molecule has 18 heavy (non-hydrogen) atoms. The molecule has 1 N–H and O–H groups in total. The van der Waals surface area contributed by atoms with E-state index in [0.29, 0.717) is 17.0 Å². The minimum Gasteiger partial charge on any atom is -0.313 e. The molecule has 2 aliphatic carbocycles. The Morgan fingerprint density at radius 3 is 2.39 bits per heavy atom. The van der Waals surface area contributed by atoms with Crippen molar-refractivity contribution in [2.75, 3.05) is 7.05 Å². The molecule has 2 saturated carbocycles. The summed E-state index contributed by atoms with van der Waals surface area (Å²) in [5.41, 5.74) is 0.868. The molecule has 0 bridgehead atoms. The number of fused-ring (bicyclic) bond motifs is 1. The van der Waals surface area contributed by atoms with E-state index >= 15 is 0 Å². The average Bonchev–Trinajstić information content (AvgIpc) is 2.94. The molecule has 0 aromatic heterocycles. The molecule has 0 heterocycles. The molecule has 0 saturated heterocycles. The van der Waals surface area contributed by atoms with Gasteiger partial charge in [0.15, 0.2) is 0 Å². The van der Waals surface area contributed by atoms with Crippen LogP contribution in [-0.2, 0) is 0 Å². The van der Waals surface area contributed by atoms with Crippen LogP contribution in [0.1, 0.15) is 36.4 Å². The van der Waals surface area contributed by atoms with Crippen LogP contribution in [0.4, 0.5) is 8.78 Å². The molecule has 2 aliphatic rings. The molecular formula is C15H19F2N. The van der Waals surface area contributed by atoms with Crippen LogP contribution in [0.5, 0.6) is 0 Å². The van der Waals surface area contributed by atoms with Crippen molar-refractivity contribution in [3.63, 3.8) is 0 Å². The van der Waals surface area contributed by atoms with Gasteiger partial charge in [0.05, 0.1) is 0 Å². The van der Waals surface area contributed by atoms with E-state index in [4.69, 9.17) is 0 Å². The monoisotopic (exact) mass is 251 g/mol. The topological polar surface area (TPSA) is 12.0 Å². The molecule has 0 radical (unpaired) electrons. The second-order valence-electron chi connectivity index (χ2n) is 5.88. The number of hydrogen-bond donors (Lipinski definition) is 1. The molecule has 98 valence electrons. The van der Waals surface area contributed by atoms with Crippen LogP contribution >= 0.6 is 0 Å². The molecular weight excluding hydrogens is 232 g/mol. The van der Waals surface area contributed by atoms with Gasteiger partial charge >= 0.3 is 0 Å². The quantitative estimate of drug-likeness (QED) is 0.865. The molecule has 3 heteroatoms. The molecule has 3 atom stereocenters. The zero-order valence-corrected chi connectivity index (χ0v) is 10.8. The van der Waals surface area contributed by atoms with E-state index in [1.807, 2.05) is 7.05 Å². The lowest BCUT2D eigenvalue weighted by Gasteiger charge is -2.25. The fourth-order valence-electron chi connectivity index (χ4n) is 3.58. The van der Waals surface area contributed by atoms with Gasteiger partial charge in [-0.3, -0.25) is 0 Å². The first-order valence-electron chi connectivity index (χ1n) is 6.73. The highest BCUT2D eigenvalue weighted by Crippen LogP contribution is 2.57. The minimum atomic E-state index is -0.310. The van der Waals surface area contributed by atoms with Crippen LogP contribution in [-0.4, -0.2) is 7.05 Å². The highest BCUT2D eigenvalue weighted by Gasteiger charge is 2.48. The molecule has 1 nitrogen and oxygen atoms in total. The Hall–Kier alpha value is -0.960. The van der Waals surface area contributed by atoms with Gasteiger partial charge in [0.25, 0.3) is 0 Å². The Morgan fingerprint density at radius 1 is 1.11 bits per heavy atom. The summed E-state index contributed by atoms with van der Waals surface area (Å²) in [5, 5.41) is 3.18. The Kier molecular flexibility index (Phi) is 2.89. The van der Waals surface area contributed by atoms with Crippen molar-refractivity contribution in [2.45, 2.75) is 32.2 Å². The summed E-state index contributed by atoms with van der Waals surface area (Å²) in [5.74, 6) is 1.56. The summed E-state index contributed by atoms with van der Waals surface area (Å²) in [6.07, 6.45) is 3.66. The fraction of sp³-hybridized carbons (Fsp3) is 0.600. The number of aryl methyl sites for hydroxylation is 1. The maximum Gasteiger partial charge on any atom is 0.128 e. The third-order valence-electron chi connectivity index (χ3n) is 4.68.